The Morgan fingerprint density at radius 3 is 2.86 bits per heavy atom. The molecule has 0 amide bonds. The van der Waals surface area contributed by atoms with Crippen molar-refractivity contribution < 1.29 is 4.79 Å². The van der Waals surface area contributed by atoms with E-state index in [4.69, 9.17) is 11.6 Å². The molecule has 0 unspecified atom stereocenters. The third kappa shape index (κ3) is 4.20. The number of aromatic nitrogens is 1. The number of hydrogen-bond donors (Lipinski definition) is 0. The minimum absolute atomic E-state index is 0.195. The second-order valence-electron chi connectivity index (χ2n) is 2.98. The molecule has 2 nitrogen and oxygen atoms in total. The lowest BCUT2D eigenvalue weighted by Gasteiger charge is -1.99. The Kier molecular flexibility index (Phi) is 5.12. The van der Waals surface area contributed by atoms with Crippen molar-refractivity contribution in [2.24, 2.45) is 0 Å². The summed E-state index contributed by atoms with van der Waals surface area (Å²) in [5.41, 5.74) is 0.813. The smallest absolute Gasteiger partial charge is 0.138 e. The van der Waals surface area contributed by atoms with Gasteiger partial charge in [0.1, 0.15) is 5.78 Å². The maximum atomic E-state index is 11.3. The largest absolute Gasteiger partial charge is 0.299 e. The molecule has 0 atom stereocenters. The van der Waals surface area contributed by atoms with E-state index in [9.17, 15) is 4.79 Å². The molecule has 0 saturated heterocycles. The third-order valence-corrected chi connectivity index (χ3v) is 2.49. The normalized spacial score (nSPS) is 10.1. The minimum atomic E-state index is 0.195. The van der Waals surface area contributed by atoms with Crippen LogP contribution in [0, 0.1) is 0 Å². The molecule has 0 saturated carbocycles. The van der Waals surface area contributed by atoms with Gasteiger partial charge in [0.2, 0.25) is 0 Å². The van der Waals surface area contributed by atoms with E-state index in [1.165, 1.54) is 0 Å². The first-order chi connectivity index (χ1) is 6.72. The summed E-state index contributed by atoms with van der Waals surface area (Å²) < 4.78 is 0.925. The SMILES string of the molecule is O=C(CCCCl)Cc1ccc(Br)cn1. The van der Waals surface area contributed by atoms with E-state index < -0.39 is 0 Å². The van der Waals surface area contributed by atoms with Crippen molar-refractivity contribution in [3.8, 4) is 0 Å². The number of pyridine rings is 1. The summed E-state index contributed by atoms with van der Waals surface area (Å²) in [6.07, 6.45) is 3.40. The number of ketones is 1. The first-order valence-electron chi connectivity index (χ1n) is 4.40. The van der Waals surface area contributed by atoms with Crippen molar-refractivity contribution in [3.63, 3.8) is 0 Å². The van der Waals surface area contributed by atoms with Gasteiger partial charge in [-0.25, -0.2) is 0 Å². The molecule has 1 heterocycles. The van der Waals surface area contributed by atoms with Gasteiger partial charge in [0.05, 0.1) is 0 Å². The summed E-state index contributed by atoms with van der Waals surface area (Å²) in [4.78, 5) is 15.5. The highest BCUT2D eigenvalue weighted by molar-refractivity contribution is 9.10. The van der Waals surface area contributed by atoms with Crippen LogP contribution < -0.4 is 0 Å². The zero-order valence-electron chi connectivity index (χ0n) is 7.67. The molecule has 1 aromatic heterocycles. The number of carbonyl (C=O) groups excluding carboxylic acids is 1. The van der Waals surface area contributed by atoms with E-state index >= 15 is 0 Å². The first kappa shape index (κ1) is 11.7. The highest BCUT2D eigenvalue weighted by atomic mass is 79.9. The van der Waals surface area contributed by atoms with E-state index in [0.29, 0.717) is 18.7 Å². The number of Topliss-reactive ketones (excluding diaryl/α,β-unsaturated/α-hetero) is 1. The zero-order chi connectivity index (χ0) is 10.4. The van der Waals surface area contributed by atoms with Crippen LogP contribution in [0.3, 0.4) is 0 Å². The summed E-state index contributed by atoms with van der Waals surface area (Å²) >= 11 is 8.78. The number of rotatable bonds is 5. The molecule has 1 rings (SSSR count). The number of nitrogens with zero attached hydrogens (tertiary/aromatic N) is 1. The van der Waals surface area contributed by atoms with Crippen molar-refractivity contribution in [2.45, 2.75) is 19.3 Å². The van der Waals surface area contributed by atoms with Crippen LogP contribution in [0.15, 0.2) is 22.8 Å². The second kappa shape index (κ2) is 6.14. The summed E-state index contributed by atoms with van der Waals surface area (Å²) in [6, 6.07) is 3.74. The molecule has 4 heteroatoms. The number of halogens is 2. The third-order valence-electron chi connectivity index (χ3n) is 1.76. The van der Waals surface area contributed by atoms with Crippen LogP contribution in [-0.4, -0.2) is 16.6 Å². The predicted octanol–water partition coefficient (Wildman–Crippen LogP) is 2.97. The monoisotopic (exact) mass is 275 g/mol. The molecular weight excluding hydrogens is 265 g/mol. The van der Waals surface area contributed by atoms with E-state index in [-0.39, 0.29) is 5.78 Å². The lowest BCUT2D eigenvalue weighted by molar-refractivity contribution is -0.118. The molecule has 0 fully saturated rings. The van der Waals surface area contributed by atoms with Crippen LogP contribution in [0.1, 0.15) is 18.5 Å². The second-order valence-corrected chi connectivity index (χ2v) is 4.27. The van der Waals surface area contributed by atoms with Crippen molar-refractivity contribution in [2.75, 3.05) is 5.88 Å². The molecule has 1 aromatic rings. The molecule has 0 aliphatic rings. The Morgan fingerprint density at radius 1 is 1.50 bits per heavy atom. The van der Waals surface area contributed by atoms with Gasteiger partial charge in [-0.3, -0.25) is 9.78 Å². The van der Waals surface area contributed by atoms with Crippen LogP contribution in [0.4, 0.5) is 0 Å². The van der Waals surface area contributed by atoms with Crippen molar-refractivity contribution in [3.05, 3.63) is 28.5 Å². The van der Waals surface area contributed by atoms with Gasteiger partial charge in [-0.15, -0.1) is 11.6 Å². The number of hydrogen-bond acceptors (Lipinski definition) is 2. The van der Waals surface area contributed by atoms with Gasteiger partial charge in [0.25, 0.3) is 0 Å². The predicted molar refractivity (Wildman–Crippen MR) is 60.6 cm³/mol. The Balaban J connectivity index is 2.44. The topological polar surface area (TPSA) is 30.0 Å². The molecule has 0 spiro atoms. The lowest BCUT2D eigenvalue weighted by Crippen LogP contribution is -2.04. The fourth-order valence-corrected chi connectivity index (χ4v) is 1.43. The van der Waals surface area contributed by atoms with Crippen LogP contribution in [0.25, 0.3) is 0 Å². The minimum Gasteiger partial charge on any atom is -0.299 e. The average molecular weight is 277 g/mol. The molecule has 76 valence electrons. The molecule has 0 N–H and O–H groups in total. The quantitative estimate of drug-likeness (QED) is 0.774. The summed E-state index contributed by atoms with van der Waals surface area (Å²) in [7, 11) is 0. The van der Waals surface area contributed by atoms with Gasteiger partial charge in [-0.05, 0) is 34.5 Å². The molecule has 0 aliphatic heterocycles. The van der Waals surface area contributed by atoms with E-state index in [1.54, 1.807) is 6.20 Å². The number of carbonyl (C=O) groups is 1. The first-order valence-corrected chi connectivity index (χ1v) is 5.73. The van der Waals surface area contributed by atoms with Gasteiger partial charge in [-0.1, -0.05) is 0 Å². The molecule has 0 bridgehead atoms. The molecular formula is C10H11BrClNO. The van der Waals surface area contributed by atoms with E-state index in [1.807, 2.05) is 12.1 Å². The van der Waals surface area contributed by atoms with Gasteiger partial charge in [0, 0.05) is 35.1 Å². The average Bonchev–Trinajstić information content (AvgIpc) is 2.18. The molecule has 0 aliphatic carbocycles. The van der Waals surface area contributed by atoms with E-state index in [2.05, 4.69) is 20.9 Å². The maximum absolute atomic E-state index is 11.3. The summed E-state index contributed by atoms with van der Waals surface area (Å²) in [6.45, 7) is 0. The Hall–Kier alpha value is -0.410. The lowest BCUT2D eigenvalue weighted by atomic mass is 10.1. The van der Waals surface area contributed by atoms with Gasteiger partial charge >= 0.3 is 0 Å². The van der Waals surface area contributed by atoms with Gasteiger partial charge in [0.15, 0.2) is 0 Å². The fourth-order valence-electron chi connectivity index (χ4n) is 1.07. The van der Waals surface area contributed by atoms with E-state index in [0.717, 1.165) is 16.6 Å². The summed E-state index contributed by atoms with van der Waals surface area (Å²) in [5.74, 6) is 0.736. The van der Waals surface area contributed by atoms with Crippen LogP contribution >= 0.6 is 27.5 Å². The van der Waals surface area contributed by atoms with Crippen molar-refractivity contribution in [1.29, 1.82) is 0 Å². The number of alkyl halides is 1. The summed E-state index contributed by atoms with van der Waals surface area (Å²) in [5, 5.41) is 0. The van der Waals surface area contributed by atoms with Crippen molar-refractivity contribution >= 4 is 33.3 Å². The van der Waals surface area contributed by atoms with Gasteiger partial charge in [-0.2, -0.15) is 0 Å². The Morgan fingerprint density at radius 2 is 2.29 bits per heavy atom. The Labute approximate surface area is 96.8 Å². The fraction of sp³-hybridized carbons (Fsp3) is 0.400. The van der Waals surface area contributed by atoms with Crippen LogP contribution in [0.2, 0.25) is 0 Å². The molecule has 0 aromatic carbocycles. The van der Waals surface area contributed by atoms with Crippen molar-refractivity contribution in [1.82, 2.24) is 4.98 Å². The zero-order valence-corrected chi connectivity index (χ0v) is 10.0. The Bertz CT molecular complexity index is 299. The highest BCUT2D eigenvalue weighted by Crippen LogP contribution is 2.08. The van der Waals surface area contributed by atoms with Crippen LogP contribution in [0.5, 0.6) is 0 Å². The molecule has 0 radical (unpaired) electrons. The maximum Gasteiger partial charge on any atom is 0.138 e. The standard InChI is InChI=1S/C10H11BrClNO/c11-8-3-4-9(13-7-8)6-10(14)2-1-5-12/h3-4,7H,1-2,5-6H2. The molecule has 14 heavy (non-hydrogen) atoms. The highest BCUT2D eigenvalue weighted by Gasteiger charge is 2.03. The van der Waals surface area contributed by atoms with Crippen LogP contribution in [-0.2, 0) is 11.2 Å². The van der Waals surface area contributed by atoms with Gasteiger partial charge < -0.3 is 0 Å².